The van der Waals surface area contributed by atoms with Gasteiger partial charge in [-0.05, 0) is 30.2 Å². The van der Waals surface area contributed by atoms with Crippen LogP contribution < -0.4 is 20.7 Å². The maximum atomic E-state index is 13.9. The number of methoxy groups -OCH3 is 2. The van der Waals surface area contributed by atoms with Gasteiger partial charge in [0.15, 0.2) is 0 Å². The van der Waals surface area contributed by atoms with Gasteiger partial charge in [0.05, 0.1) is 26.5 Å². The molecule has 1 saturated heterocycles. The number of aromatic nitrogens is 3. The number of anilines is 1. The van der Waals surface area contributed by atoms with Gasteiger partial charge in [-0.3, -0.25) is 14.6 Å². The third kappa shape index (κ3) is 6.56. The monoisotopic (exact) mass is 585 g/mol. The first kappa shape index (κ1) is 29.0. The predicted molar refractivity (Wildman–Crippen MR) is 156 cm³/mol. The summed E-state index contributed by atoms with van der Waals surface area (Å²) < 4.78 is 10.2. The van der Waals surface area contributed by atoms with E-state index in [-0.39, 0.29) is 25.1 Å². The topological polar surface area (TPSA) is 168 Å². The summed E-state index contributed by atoms with van der Waals surface area (Å²) in [6.07, 6.45) is 6.32. The second-order valence-electron chi connectivity index (χ2n) is 9.91. The van der Waals surface area contributed by atoms with Crippen molar-refractivity contribution in [2.24, 2.45) is 0 Å². The molecule has 13 nitrogen and oxygen atoms in total. The molecule has 0 bridgehead atoms. The Balaban J connectivity index is 1.38. The highest BCUT2D eigenvalue weighted by Crippen LogP contribution is 2.23. The molecule has 1 fully saturated rings. The molecule has 1 aliphatic heterocycles. The van der Waals surface area contributed by atoms with Gasteiger partial charge in [-0.1, -0.05) is 24.3 Å². The van der Waals surface area contributed by atoms with Crippen LogP contribution in [0.4, 0.5) is 10.5 Å². The first-order chi connectivity index (χ1) is 20.9. The van der Waals surface area contributed by atoms with Gasteiger partial charge in [0, 0.05) is 54.2 Å². The minimum Gasteiger partial charge on any atom is -0.497 e. The molecule has 4 N–H and O–H groups in total. The Bertz CT molecular complexity index is 1630. The number of aromatic amines is 1. The Morgan fingerprint density at radius 3 is 2.70 bits per heavy atom. The maximum Gasteiger partial charge on any atom is 0.328 e. The number of ether oxygens (including phenoxy) is 2. The molecule has 0 radical (unpaired) electrons. The Kier molecular flexibility index (Phi) is 8.79. The largest absolute Gasteiger partial charge is 0.497 e. The fourth-order valence-corrected chi connectivity index (χ4v) is 5.20. The third-order valence-electron chi connectivity index (χ3n) is 7.25. The van der Waals surface area contributed by atoms with Crippen LogP contribution in [0, 0.1) is 0 Å². The van der Waals surface area contributed by atoms with Gasteiger partial charge in [0.1, 0.15) is 23.5 Å². The summed E-state index contributed by atoms with van der Waals surface area (Å²) >= 11 is 0. The summed E-state index contributed by atoms with van der Waals surface area (Å²) in [5.74, 6) is -1.25. The van der Waals surface area contributed by atoms with Crippen LogP contribution in [0.2, 0.25) is 0 Å². The van der Waals surface area contributed by atoms with E-state index in [2.05, 4.69) is 30.9 Å². The van der Waals surface area contributed by atoms with Crippen molar-refractivity contribution in [2.45, 2.75) is 31.0 Å². The SMILES string of the molecule is COC(=O)C(Cc1c[nH]c2ccccc12)NC(=O)C1C(NC(=O)Nc2cccc(OC)c2)CCN1C(=O)c1cnccn1. The van der Waals surface area contributed by atoms with Crippen molar-refractivity contribution >= 4 is 40.4 Å². The van der Waals surface area contributed by atoms with Crippen LogP contribution in [0.1, 0.15) is 22.5 Å². The van der Waals surface area contributed by atoms with Gasteiger partial charge < -0.3 is 35.3 Å². The molecule has 222 valence electrons. The molecule has 0 aliphatic carbocycles. The average Bonchev–Trinajstić information content (AvgIpc) is 3.64. The van der Waals surface area contributed by atoms with Crippen LogP contribution >= 0.6 is 0 Å². The summed E-state index contributed by atoms with van der Waals surface area (Å²) in [5, 5.41) is 9.22. The van der Waals surface area contributed by atoms with Crippen molar-refractivity contribution < 1.29 is 28.7 Å². The molecule has 3 heterocycles. The summed E-state index contributed by atoms with van der Waals surface area (Å²) in [7, 11) is 2.76. The third-order valence-corrected chi connectivity index (χ3v) is 7.25. The Morgan fingerprint density at radius 1 is 1.09 bits per heavy atom. The van der Waals surface area contributed by atoms with Gasteiger partial charge in [0.2, 0.25) is 5.91 Å². The molecule has 2 aromatic heterocycles. The smallest absolute Gasteiger partial charge is 0.328 e. The van der Waals surface area contributed by atoms with E-state index in [1.807, 2.05) is 24.3 Å². The molecule has 0 saturated carbocycles. The van der Waals surface area contributed by atoms with Gasteiger partial charge in [-0.25, -0.2) is 14.6 Å². The number of carbonyl (C=O) groups is 4. The lowest BCUT2D eigenvalue weighted by molar-refractivity contribution is -0.145. The molecule has 3 unspecified atom stereocenters. The second kappa shape index (κ2) is 13.0. The fourth-order valence-electron chi connectivity index (χ4n) is 5.20. The number of esters is 1. The van der Waals surface area contributed by atoms with E-state index in [9.17, 15) is 19.2 Å². The Morgan fingerprint density at radius 2 is 1.93 bits per heavy atom. The highest BCUT2D eigenvalue weighted by molar-refractivity contribution is 5.98. The molecule has 13 heteroatoms. The summed E-state index contributed by atoms with van der Waals surface area (Å²) in [6, 6.07) is 10.8. The van der Waals surface area contributed by atoms with Gasteiger partial charge >= 0.3 is 12.0 Å². The van der Waals surface area contributed by atoms with Crippen LogP contribution in [-0.4, -0.2) is 82.6 Å². The standard InChI is InChI=1S/C30H31N7O6/c1-42-20-7-5-6-19(15-20)34-30(41)36-23-10-13-37(28(39)25-17-31-11-12-32-25)26(23)27(38)35-24(29(40)43-2)14-18-16-33-22-9-4-3-8-21(18)22/h3-9,11-12,15-17,23-24,26,33H,10,13-14H2,1-2H3,(H,35,38)(H2,34,36,41). The number of H-pyrrole nitrogens is 1. The number of urea groups is 1. The van der Waals surface area contributed by atoms with E-state index in [1.165, 1.54) is 37.7 Å². The zero-order chi connectivity index (χ0) is 30.3. The number of likely N-dealkylation sites (tertiary alicyclic amines) is 1. The maximum absolute atomic E-state index is 13.9. The van der Waals surface area contributed by atoms with Crippen molar-refractivity contribution in [1.29, 1.82) is 0 Å². The van der Waals surface area contributed by atoms with Crippen molar-refractivity contribution in [3.8, 4) is 5.75 Å². The number of nitrogens with one attached hydrogen (secondary N) is 4. The minimum absolute atomic E-state index is 0.0464. The number of amides is 4. The number of rotatable bonds is 9. The van der Waals surface area contributed by atoms with E-state index in [0.717, 1.165) is 16.5 Å². The molecular weight excluding hydrogens is 554 g/mol. The zero-order valence-corrected chi connectivity index (χ0v) is 23.6. The second-order valence-corrected chi connectivity index (χ2v) is 9.91. The summed E-state index contributed by atoms with van der Waals surface area (Å²) in [4.78, 5) is 65.7. The van der Waals surface area contributed by atoms with Crippen molar-refractivity contribution in [3.63, 3.8) is 0 Å². The minimum atomic E-state index is -1.15. The van der Waals surface area contributed by atoms with Crippen molar-refractivity contribution in [3.05, 3.63) is 84.6 Å². The quantitative estimate of drug-likeness (QED) is 0.217. The number of nitrogens with zero attached hydrogens (tertiary/aromatic N) is 3. The first-order valence-electron chi connectivity index (χ1n) is 13.6. The molecule has 4 amide bonds. The Hall–Kier alpha value is -5.46. The predicted octanol–water partition coefficient (Wildman–Crippen LogP) is 2.27. The van der Waals surface area contributed by atoms with Crippen LogP contribution in [0.25, 0.3) is 10.9 Å². The number of hydrogen-bond donors (Lipinski definition) is 4. The lowest BCUT2D eigenvalue weighted by Crippen LogP contribution is -2.58. The molecule has 1 aliphatic rings. The zero-order valence-electron chi connectivity index (χ0n) is 23.6. The van der Waals surface area contributed by atoms with Crippen molar-refractivity contribution in [2.75, 3.05) is 26.1 Å². The van der Waals surface area contributed by atoms with E-state index >= 15 is 0 Å². The number of para-hydroxylation sites is 1. The highest BCUT2D eigenvalue weighted by atomic mass is 16.5. The van der Waals surface area contributed by atoms with Gasteiger partial charge in [0.25, 0.3) is 5.91 Å². The highest BCUT2D eigenvalue weighted by Gasteiger charge is 2.44. The number of fused-ring (bicyclic) bond motifs is 1. The van der Waals surface area contributed by atoms with Crippen molar-refractivity contribution in [1.82, 2.24) is 30.5 Å². The van der Waals surface area contributed by atoms with Crippen LogP contribution in [0.3, 0.4) is 0 Å². The average molecular weight is 586 g/mol. The van der Waals surface area contributed by atoms with E-state index in [1.54, 1.807) is 30.5 Å². The summed E-state index contributed by atoms with van der Waals surface area (Å²) in [5.41, 5.74) is 2.21. The lowest BCUT2D eigenvalue weighted by Gasteiger charge is -2.29. The molecule has 5 rings (SSSR count). The first-order valence-corrected chi connectivity index (χ1v) is 13.6. The van der Waals surface area contributed by atoms with Crippen LogP contribution in [-0.2, 0) is 20.7 Å². The molecule has 4 aromatic rings. The number of hydrogen-bond acceptors (Lipinski definition) is 8. The molecule has 3 atom stereocenters. The Labute approximate surface area is 247 Å². The lowest BCUT2D eigenvalue weighted by atomic mass is 10.0. The number of carbonyl (C=O) groups excluding carboxylic acids is 4. The molecule has 0 spiro atoms. The fraction of sp³-hybridized carbons (Fsp3) is 0.267. The van der Waals surface area contributed by atoms with E-state index in [0.29, 0.717) is 11.4 Å². The normalized spacial score (nSPS) is 16.7. The molecule has 2 aromatic carbocycles. The molecule has 43 heavy (non-hydrogen) atoms. The summed E-state index contributed by atoms with van der Waals surface area (Å²) in [6.45, 7) is 0.156. The number of benzene rings is 2. The van der Waals surface area contributed by atoms with Crippen LogP contribution in [0.5, 0.6) is 5.75 Å². The van der Waals surface area contributed by atoms with Crippen LogP contribution in [0.15, 0.2) is 73.3 Å². The van der Waals surface area contributed by atoms with Gasteiger partial charge in [-0.15, -0.1) is 0 Å². The van der Waals surface area contributed by atoms with E-state index in [4.69, 9.17) is 9.47 Å². The molecular formula is C30H31N7O6. The van der Waals surface area contributed by atoms with Gasteiger partial charge in [-0.2, -0.15) is 0 Å². The van der Waals surface area contributed by atoms with E-state index < -0.39 is 41.9 Å².